The second-order valence-electron chi connectivity index (χ2n) is 8.42. The van der Waals surface area contributed by atoms with Gasteiger partial charge in [0.15, 0.2) is 0 Å². The number of amides is 3. The molecule has 9 heteroatoms. The van der Waals surface area contributed by atoms with Crippen molar-refractivity contribution in [1.82, 2.24) is 30.2 Å². The van der Waals surface area contributed by atoms with Crippen LogP contribution in [0.5, 0.6) is 0 Å². The van der Waals surface area contributed by atoms with Gasteiger partial charge in [-0.15, -0.1) is 0 Å². The molecule has 3 amide bonds. The molecule has 4 heterocycles. The highest BCUT2D eigenvalue weighted by Crippen LogP contribution is 2.32. The van der Waals surface area contributed by atoms with Crippen LogP contribution in [0.25, 0.3) is 0 Å². The first-order valence-electron chi connectivity index (χ1n) is 10.7. The number of imide groups is 1. The zero-order chi connectivity index (χ0) is 21.5. The number of aromatic nitrogens is 2. The predicted octanol–water partition coefficient (Wildman–Crippen LogP) is 0.328. The number of aryl methyl sites for hydroxylation is 1. The largest absolute Gasteiger partial charge is 0.322 e. The van der Waals surface area contributed by atoms with Crippen LogP contribution in [0.2, 0.25) is 0 Å². The number of piperidine rings is 1. The first-order valence-corrected chi connectivity index (χ1v) is 10.7. The Kier molecular flexibility index (Phi) is 5.07. The van der Waals surface area contributed by atoms with Gasteiger partial charge < -0.3 is 10.2 Å². The Morgan fingerprint density at radius 3 is 2.81 bits per heavy atom. The molecule has 1 aromatic heterocycles. The molecular formula is C22H26N6O3. The lowest BCUT2D eigenvalue weighted by Crippen LogP contribution is -2.52. The van der Waals surface area contributed by atoms with Crippen LogP contribution < -0.4 is 10.6 Å². The van der Waals surface area contributed by atoms with Crippen molar-refractivity contribution >= 4 is 17.7 Å². The normalized spacial score (nSPS) is 24.4. The second kappa shape index (κ2) is 7.90. The maximum atomic E-state index is 13.4. The highest BCUT2D eigenvalue weighted by Gasteiger charge is 2.40. The molecule has 3 aliphatic rings. The Morgan fingerprint density at radius 2 is 2.03 bits per heavy atom. The van der Waals surface area contributed by atoms with Crippen molar-refractivity contribution in [2.75, 3.05) is 19.6 Å². The average molecular weight is 422 g/mol. The Hall–Kier alpha value is -3.04. The van der Waals surface area contributed by atoms with Crippen LogP contribution in [0.1, 0.15) is 46.1 Å². The lowest BCUT2D eigenvalue weighted by atomic mass is 10.0. The fourth-order valence-corrected chi connectivity index (χ4v) is 4.98. The topological polar surface area (TPSA) is 99.6 Å². The van der Waals surface area contributed by atoms with Crippen molar-refractivity contribution < 1.29 is 14.4 Å². The summed E-state index contributed by atoms with van der Waals surface area (Å²) < 4.78 is 1.90. The molecule has 2 aromatic rings. The van der Waals surface area contributed by atoms with Gasteiger partial charge in [0, 0.05) is 58.0 Å². The minimum absolute atomic E-state index is 0.118. The Labute approximate surface area is 180 Å². The van der Waals surface area contributed by atoms with Gasteiger partial charge in [0.05, 0.1) is 11.7 Å². The third-order valence-corrected chi connectivity index (χ3v) is 6.57. The van der Waals surface area contributed by atoms with Gasteiger partial charge in [-0.05, 0) is 23.6 Å². The van der Waals surface area contributed by atoms with E-state index in [9.17, 15) is 14.4 Å². The quantitative estimate of drug-likeness (QED) is 0.689. The number of benzene rings is 1. The molecule has 2 atom stereocenters. The molecule has 2 saturated heterocycles. The molecule has 2 fully saturated rings. The smallest absolute Gasteiger partial charge is 0.255 e. The van der Waals surface area contributed by atoms with Crippen LogP contribution in [-0.2, 0) is 29.7 Å². The molecule has 0 aliphatic carbocycles. The third-order valence-electron chi connectivity index (χ3n) is 6.57. The minimum atomic E-state index is -0.591. The Bertz CT molecular complexity index is 1050. The van der Waals surface area contributed by atoms with E-state index in [0.29, 0.717) is 25.1 Å². The highest BCUT2D eigenvalue weighted by molar-refractivity contribution is 6.06. The molecule has 5 rings (SSSR count). The molecule has 2 unspecified atom stereocenters. The number of carbonyl (C=O) groups excluding carboxylic acids is 3. The van der Waals surface area contributed by atoms with Gasteiger partial charge in [0.2, 0.25) is 11.8 Å². The summed E-state index contributed by atoms with van der Waals surface area (Å²) in [6.45, 7) is 3.63. The Morgan fingerprint density at radius 1 is 1.16 bits per heavy atom. The molecule has 162 valence electrons. The van der Waals surface area contributed by atoms with Crippen molar-refractivity contribution in [2.24, 2.45) is 7.05 Å². The number of carbonyl (C=O) groups is 3. The summed E-state index contributed by atoms with van der Waals surface area (Å²) in [6.07, 6.45) is 2.44. The SMILES string of the molecule is Cn1nccc1C1CNCCN1Cc1cccc2c1C(=O)N(C1CCC(=O)NC1=O)C2. The lowest BCUT2D eigenvalue weighted by molar-refractivity contribution is -0.136. The van der Waals surface area contributed by atoms with E-state index < -0.39 is 6.04 Å². The first kappa shape index (κ1) is 19.9. The predicted molar refractivity (Wildman–Crippen MR) is 112 cm³/mol. The maximum Gasteiger partial charge on any atom is 0.255 e. The molecule has 3 aliphatic heterocycles. The molecule has 2 N–H and O–H groups in total. The van der Waals surface area contributed by atoms with Crippen molar-refractivity contribution in [2.45, 2.75) is 38.0 Å². The molecule has 0 spiro atoms. The van der Waals surface area contributed by atoms with Crippen LogP contribution in [0.4, 0.5) is 0 Å². The average Bonchev–Trinajstić information content (AvgIpc) is 3.32. The summed E-state index contributed by atoms with van der Waals surface area (Å²) >= 11 is 0. The van der Waals surface area contributed by atoms with E-state index in [1.54, 1.807) is 4.90 Å². The molecule has 1 aromatic carbocycles. The molecule has 0 radical (unpaired) electrons. The molecule has 0 saturated carbocycles. The van der Waals surface area contributed by atoms with Crippen molar-refractivity contribution in [3.05, 3.63) is 52.8 Å². The number of piperazine rings is 1. The molecule has 9 nitrogen and oxygen atoms in total. The summed E-state index contributed by atoms with van der Waals surface area (Å²) in [6, 6.07) is 7.56. The number of hydrogen-bond acceptors (Lipinski definition) is 6. The summed E-state index contributed by atoms with van der Waals surface area (Å²) in [5.74, 6) is -0.768. The molecular weight excluding hydrogens is 396 g/mol. The maximum absolute atomic E-state index is 13.4. The van der Waals surface area contributed by atoms with Crippen LogP contribution in [0.3, 0.4) is 0 Å². The summed E-state index contributed by atoms with van der Waals surface area (Å²) in [5, 5.41) is 10.1. The van der Waals surface area contributed by atoms with Gasteiger partial charge in [-0.2, -0.15) is 5.10 Å². The number of fused-ring (bicyclic) bond motifs is 1. The van der Waals surface area contributed by atoms with Crippen LogP contribution in [0, 0.1) is 0 Å². The lowest BCUT2D eigenvalue weighted by Gasteiger charge is -2.36. The number of nitrogens with zero attached hydrogens (tertiary/aromatic N) is 4. The van der Waals surface area contributed by atoms with Crippen LogP contribution >= 0.6 is 0 Å². The van der Waals surface area contributed by atoms with Crippen molar-refractivity contribution in [3.63, 3.8) is 0 Å². The number of hydrogen-bond donors (Lipinski definition) is 2. The van der Waals surface area contributed by atoms with Gasteiger partial charge in [0.1, 0.15) is 6.04 Å². The van der Waals surface area contributed by atoms with E-state index in [0.717, 1.165) is 36.5 Å². The van der Waals surface area contributed by atoms with E-state index in [1.165, 1.54) is 0 Å². The molecule has 0 bridgehead atoms. The highest BCUT2D eigenvalue weighted by atomic mass is 16.2. The van der Waals surface area contributed by atoms with Gasteiger partial charge >= 0.3 is 0 Å². The summed E-state index contributed by atoms with van der Waals surface area (Å²) in [4.78, 5) is 41.2. The monoisotopic (exact) mass is 422 g/mol. The zero-order valence-corrected chi connectivity index (χ0v) is 17.5. The Balaban J connectivity index is 1.40. The van der Waals surface area contributed by atoms with Gasteiger partial charge in [-0.25, -0.2) is 0 Å². The van der Waals surface area contributed by atoms with E-state index in [4.69, 9.17) is 0 Å². The van der Waals surface area contributed by atoms with Crippen LogP contribution in [0.15, 0.2) is 30.5 Å². The molecule has 31 heavy (non-hydrogen) atoms. The summed E-state index contributed by atoms with van der Waals surface area (Å²) in [7, 11) is 1.95. The van der Waals surface area contributed by atoms with Crippen molar-refractivity contribution in [3.8, 4) is 0 Å². The number of rotatable bonds is 4. The van der Waals surface area contributed by atoms with Crippen LogP contribution in [-0.4, -0.2) is 63.0 Å². The number of nitrogens with one attached hydrogen (secondary N) is 2. The third kappa shape index (κ3) is 3.53. The second-order valence-corrected chi connectivity index (χ2v) is 8.42. The van der Waals surface area contributed by atoms with E-state index in [-0.39, 0.29) is 30.2 Å². The van der Waals surface area contributed by atoms with E-state index in [1.807, 2.05) is 42.2 Å². The fourth-order valence-electron chi connectivity index (χ4n) is 4.98. The zero-order valence-electron chi connectivity index (χ0n) is 17.5. The van der Waals surface area contributed by atoms with Gasteiger partial charge in [-0.1, -0.05) is 18.2 Å². The van der Waals surface area contributed by atoms with E-state index >= 15 is 0 Å². The van der Waals surface area contributed by atoms with Gasteiger partial charge in [-0.3, -0.25) is 29.3 Å². The van der Waals surface area contributed by atoms with Gasteiger partial charge in [0.25, 0.3) is 5.91 Å². The first-order chi connectivity index (χ1) is 15.0. The minimum Gasteiger partial charge on any atom is -0.322 e. The van der Waals surface area contributed by atoms with Crippen molar-refractivity contribution in [1.29, 1.82) is 0 Å². The van der Waals surface area contributed by atoms with E-state index in [2.05, 4.69) is 20.6 Å². The summed E-state index contributed by atoms with van der Waals surface area (Å²) in [5.41, 5.74) is 3.76. The fraction of sp³-hybridized carbons (Fsp3) is 0.455. The standard InChI is InChI=1S/C22H26N6O3/c1-26-16(7-8-24-26)18-11-23-9-10-27(18)12-14-3-2-4-15-13-28(22(31)20(14)15)17-5-6-19(29)25-21(17)30/h2-4,7-8,17-18,23H,5-6,9-13H2,1H3,(H,25,29,30).